The molecule has 0 saturated heterocycles. The molecule has 0 heterocycles. The smallest absolute Gasteiger partial charge is 0.155 e. The van der Waals surface area contributed by atoms with Crippen molar-refractivity contribution in [1.29, 1.82) is 0 Å². The Bertz CT molecular complexity index is 498. The second kappa shape index (κ2) is 6.64. The van der Waals surface area contributed by atoms with E-state index in [1.165, 1.54) is 0 Å². The van der Waals surface area contributed by atoms with Crippen LogP contribution in [0.1, 0.15) is 19.4 Å². The second-order valence-corrected chi connectivity index (χ2v) is 7.47. The average molecular weight is 311 g/mol. The first-order valence-corrected chi connectivity index (χ1v) is 8.19. The fourth-order valence-electron chi connectivity index (χ4n) is 1.31. The number of alkyl halides is 1. The molecule has 18 heavy (non-hydrogen) atoms. The molecule has 0 aliphatic rings. The first-order chi connectivity index (χ1) is 8.38. The SMILES string of the molecule is CC(C)S(=O)(=O)CCOc1cccc(Cl)c1CCl. The molecule has 0 unspecified atom stereocenters. The summed E-state index contributed by atoms with van der Waals surface area (Å²) in [4.78, 5) is 0. The Morgan fingerprint density at radius 1 is 1.33 bits per heavy atom. The first-order valence-electron chi connectivity index (χ1n) is 5.56. The van der Waals surface area contributed by atoms with Crippen molar-refractivity contribution in [2.24, 2.45) is 0 Å². The molecule has 0 spiro atoms. The summed E-state index contributed by atoms with van der Waals surface area (Å²) < 4.78 is 28.7. The van der Waals surface area contributed by atoms with E-state index in [9.17, 15) is 8.42 Å². The summed E-state index contributed by atoms with van der Waals surface area (Å²) in [6.45, 7) is 3.41. The normalized spacial score (nSPS) is 11.8. The zero-order chi connectivity index (χ0) is 13.8. The lowest BCUT2D eigenvalue weighted by atomic mass is 10.2. The molecule has 0 bridgehead atoms. The van der Waals surface area contributed by atoms with Gasteiger partial charge in [0.2, 0.25) is 0 Å². The van der Waals surface area contributed by atoms with Crippen molar-refractivity contribution in [2.75, 3.05) is 12.4 Å². The van der Waals surface area contributed by atoms with E-state index < -0.39 is 15.1 Å². The molecule has 0 N–H and O–H groups in total. The Morgan fingerprint density at radius 3 is 2.56 bits per heavy atom. The van der Waals surface area contributed by atoms with Crippen molar-refractivity contribution in [2.45, 2.75) is 25.0 Å². The highest BCUT2D eigenvalue weighted by atomic mass is 35.5. The quantitative estimate of drug-likeness (QED) is 0.757. The number of benzene rings is 1. The summed E-state index contributed by atoms with van der Waals surface area (Å²) in [6.07, 6.45) is 0. The summed E-state index contributed by atoms with van der Waals surface area (Å²) in [6, 6.07) is 5.19. The summed E-state index contributed by atoms with van der Waals surface area (Å²) in [5, 5.41) is 0.127. The number of hydrogen-bond acceptors (Lipinski definition) is 3. The van der Waals surface area contributed by atoms with Gasteiger partial charge in [-0.2, -0.15) is 0 Å². The molecular formula is C12H16Cl2O3S. The number of halogens is 2. The lowest BCUT2D eigenvalue weighted by molar-refractivity contribution is 0.338. The van der Waals surface area contributed by atoms with Gasteiger partial charge in [-0.15, -0.1) is 11.6 Å². The fourth-order valence-corrected chi connectivity index (χ4v) is 2.67. The van der Waals surface area contributed by atoms with Gasteiger partial charge in [0.15, 0.2) is 9.84 Å². The Hall–Kier alpha value is -0.450. The Kier molecular flexibility index (Phi) is 5.76. The molecule has 0 aliphatic heterocycles. The molecule has 1 aromatic carbocycles. The molecule has 102 valence electrons. The van der Waals surface area contributed by atoms with Crippen LogP contribution >= 0.6 is 23.2 Å². The van der Waals surface area contributed by atoms with Crippen LogP contribution in [-0.4, -0.2) is 26.0 Å². The summed E-state index contributed by atoms with van der Waals surface area (Å²) in [7, 11) is -3.09. The van der Waals surface area contributed by atoms with E-state index in [4.69, 9.17) is 27.9 Å². The van der Waals surface area contributed by atoms with Crippen molar-refractivity contribution in [3.05, 3.63) is 28.8 Å². The molecule has 3 nitrogen and oxygen atoms in total. The molecule has 1 aromatic rings. The van der Waals surface area contributed by atoms with Gasteiger partial charge >= 0.3 is 0 Å². The third-order valence-electron chi connectivity index (χ3n) is 2.55. The van der Waals surface area contributed by atoms with Crippen LogP contribution in [0.5, 0.6) is 5.75 Å². The lowest BCUT2D eigenvalue weighted by Crippen LogP contribution is -2.22. The molecule has 0 atom stereocenters. The van der Waals surface area contributed by atoms with Gasteiger partial charge in [0.1, 0.15) is 12.4 Å². The third-order valence-corrected chi connectivity index (χ3v) is 5.35. The van der Waals surface area contributed by atoms with Crippen LogP contribution in [0, 0.1) is 0 Å². The van der Waals surface area contributed by atoms with Gasteiger partial charge in [0, 0.05) is 10.6 Å². The first kappa shape index (κ1) is 15.6. The van der Waals surface area contributed by atoms with E-state index in [2.05, 4.69) is 0 Å². The van der Waals surface area contributed by atoms with Crippen LogP contribution < -0.4 is 4.74 Å². The minimum absolute atomic E-state index is 0.0150. The van der Waals surface area contributed by atoms with Crippen molar-refractivity contribution in [1.82, 2.24) is 0 Å². The number of rotatable bonds is 6. The van der Waals surface area contributed by atoms with E-state index in [1.807, 2.05) is 0 Å². The minimum atomic E-state index is -3.09. The highest BCUT2D eigenvalue weighted by molar-refractivity contribution is 7.91. The van der Waals surface area contributed by atoms with E-state index in [-0.39, 0.29) is 18.2 Å². The highest BCUT2D eigenvalue weighted by Gasteiger charge is 2.16. The predicted octanol–water partition coefficient (Wildman–Crippen LogP) is 3.28. The van der Waals surface area contributed by atoms with E-state index >= 15 is 0 Å². The van der Waals surface area contributed by atoms with E-state index in [0.717, 1.165) is 0 Å². The topological polar surface area (TPSA) is 43.4 Å². The average Bonchev–Trinajstić information content (AvgIpc) is 2.29. The molecule has 0 radical (unpaired) electrons. The molecule has 0 fully saturated rings. The Balaban J connectivity index is 2.68. The highest BCUT2D eigenvalue weighted by Crippen LogP contribution is 2.27. The van der Waals surface area contributed by atoms with Crippen molar-refractivity contribution in [3.63, 3.8) is 0 Å². The maximum Gasteiger partial charge on any atom is 0.155 e. The van der Waals surface area contributed by atoms with Crippen molar-refractivity contribution >= 4 is 33.0 Å². The largest absolute Gasteiger partial charge is 0.492 e. The molecule has 0 amide bonds. The van der Waals surface area contributed by atoms with Gasteiger partial charge in [-0.25, -0.2) is 8.42 Å². The molecule has 1 rings (SSSR count). The van der Waals surface area contributed by atoms with Gasteiger partial charge in [0.25, 0.3) is 0 Å². The van der Waals surface area contributed by atoms with E-state index in [1.54, 1.807) is 32.0 Å². The maximum atomic E-state index is 11.6. The van der Waals surface area contributed by atoms with Gasteiger partial charge in [0.05, 0.1) is 16.9 Å². The van der Waals surface area contributed by atoms with Crippen LogP contribution in [0.4, 0.5) is 0 Å². The van der Waals surface area contributed by atoms with Gasteiger partial charge in [-0.3, -0.25) is 0 Å². The fraction of sp³-hybridized carbons (Fsp3) is 0.500. The lowest BCUT2D eigenvalue weighted by Gasteiger charge is -2.12. The van der Waals surface area contributed by atoms with Crippen LogP contribution in [0.25, 0.3) is 0 Å². The van der Waals surface area contributed by atoms with Gasteiger partial charge in [-0.05, 0) is 26.0 Å². The van der Waals surface area contributed by atoms with Crippen LogP contribution in [0.15, 0.2) is 18.2 Å². The molecule has 0 aromatic heterocycles. The number of sulfone groups is 1. The van der Waals surface area contributed by atoms with Gasteiger partial charge < -0.3 is 4.74 Å². The zero-order valence-corrected chi connectivity index (χ0v) is 12.6. The van der Waals surface area contributed by atoms with E-state index in [0.29, 0.717) is 16.3 Å². The van der Waals surface area contributed by atoms with Crippen molar-refractivity contribution < 1.29 is 13.2 Å². The second-order valence-electron chi connectivity index (χ2n) is 4.11. The Labute approximate surface area is 118 Å². The zero-order valence-electron chi connectivity index (χ0n) is 10.3. The number of ether oxygens (including phenoxy) is 1. The third kappa shape index (κ3) is 4.04. The number of hydrogen-bond donors (Lipinski definition) is 0. The van der Waals surface area contributed by atoms with Crippen LogP contribution in [-0.2, 0) is 15.7 Å². The summed E-state index contributed by atoms with van der Waals surface area (Å²) >= 11 is 11.7. The summed E-state index contributed by atoms with van der Waals surface area (Å²) in [5.41, 5.74) is 0.683. The monoisotopic (exact) mass is 310 g/mol. The molecule has 0 saturated carbocycles. The van der Waals surface area contributed by atoms with Crippen molar-refractivity contribution in [3.8, 4) is 5.75 Å². The Morgan fingerprint density at radius 2 is 2.00 bits per heavy atom. The standard InChI is InChI=1S/C12H16Cl2O3S/c1-9(2)18(15,16)7-6-17-12-5-3-4-11(14)10(12)8-13/h3-5,9H,6-8H2,1-2H3. The predicted molar refractivity (Wildman–Crippen MR) is 75.4 cm³/mol. The molecule has 0 aliphatic carbocycles. The van der Waals surface area contributed by atoms with Gasteiger partial charge in [-0.1, -0.05) is 17.7 Å². The van der Waals surface area contributed by atoms with Crippen LogP contribution in [0.3, 0.4) is 0 Å². The maximum absolute atomic E-state index is 11.6. The van der Waals surface area contributed by atoms with Crippen LogP contribution in [0.2, 0.25) is 5.02 Å². The molecule has 6 heteroatoms. The summed E-state index contributed by atoms with van der Waals surface area (Å²) in [5.74, 6) is 0.752. The molecular weight excluding hydrogens is 295 g/mol. The minimum Gasteiger partial charge on any atom is -0.492 e.